The monoisotopic (exact) mass is 498 g/mol. The highest BCUT2D eigenvalue weighted by molar-refractivity contribution is 7.38. The van der Waals surface area contributed by atoms with Crippen molar-refractivity contribution in [2.45, 2.75) is 70.8 Å². The van der Waals surface area contributed by atoms with Gasteiger partial charge in [-0.25, -0.2) is 0 Å². The molecule has 0 aliphatic rings. The summed E-state index contributed by atoms with van der Waals surface area (Å²) in [5.41, 5.74) is -2.61. The molecule has 1 unspecified atom stereocenters. The summed E-state index contributed by atoms with van der Waals surface area (Å²) in [5, 5.41) is 39.8. The summed E-state index contributed by atoms with van der Waals surface area (Å²) >= 11 is 0. The second-order valence-electron chi connectivity index (χ2n) is 7.77. The topological polar surface area (TPSA) is 212 Å². The standard InChI is InChI=1S/C18H38O5.2H3O3P/c1-16(2)9-7-5-4-6-8-10-18(22,11-12-23-3)17(13-19,14-20)15-21;2*1-4(2)3/h16,19-22H,4-15H2,1-3H3;2*1-3H. The normalized spacial score (nSPS) is 13.5. The van der Waals surface area contributed by atoms with Gasteiger partial charge in [-0.15, -0.1) is 0 Å². The molecule has 11 nitrogen and oxygen atoms in total. The van der Waals surface area contributed by atoms with E-state index in [-0.39, 0.29) is 0 Å². The SMILES string of the molecule is COCCC(O)(CCCCCCCC(C)C)C(CO)(CO)CO.OP(O)O.OP(O)O. The number of aliphatic hydroxyl groups excluding tert-OH is 3. The van der Waals surface area contributed by atoms with Crippen LogP contribution >= 0.6 is 17.2 Å². The zero-order valence-corrected chi connectivity index (χ0v) is 20.6. The van der Waals surface area contributed by atoms with Crippen molar-refractivity contribution in [3.8, 4) is 0 Å². The van der Waals surface area contributed by atoms with Crippen LogP contribution in [-0.4, -0.2) is 88.9 Å². The van der Waals surface area contributed by atoms with E-state index in [1.54, 1.807) is 7.11 Å². The van der Waals surface area contributed by atoms with Crippen LogP contribution in [0.5, 0.6) is 0 Å². The Morgan fingerprint density at radius 3 is 1.45 bits per heavy atom. The largest absolute Gasteiger partial charge is 0.395 e. The average Bonchev–Trinajstić information content (AvgIpc) is 2.66. The van der Waals surface area contributed by atoms with Crippen LogP contribution < -0.4 is 0 Å². The third-order valence-electron chi connectivity index (χ3n) is 4.99. The molecule has 0 heterocycles. The zero-order chi connectivity index (χ0) is 24.9. The van der Waals surface area contributed by atoms with Gasteiger partial charge in [-0.1, -0.05) is 52.4 Å². The fourth-order valence-electron chi connectivity index (χ4n) is 3.02. The number of aliphatic hydroxyl groups is 4. The molecule has 0 aliphatic heterocycles. The van der Waals surface area contributed by atoms with E-state index in [0.717, 1.165) is 25.2 Å². The van der Waals surface area contributed by atoms with Gasteiger partial charge in [0.05, 0.1) is 30.8 Å². The fraction of sp³-hybridized carbons (Fsp3) is 1.00. The quantitative estimate of drug-likeness (QED) is 0.111. The van der Waals surface area contributed by atoms with Gasteiger partial charge >= 0.3 is 17.2 Å². The number of unbranched alkanes of at least 4 members (excludes halogenated alkanes) is 4. The van der Waals surface area contributed by atoms with Crippen molar-refractivity contribution in [3.05, 3.63) is 0 Å². The molecule has 0 aromatic rings. The first kappa shape index (κ1) is 36.0. The Kier molecular flexibility index (Phi) is 25.8. The first-order valence-corrected chi connectivity index (χ1v) is 12.5. The summed E-state index contributed by atoms with van der Waals surface area (Å²) in [6.45, 7) is 3.44. The second kappa shape index (κ2) is 22.2. The van der Waals surface area contributed by atoms with Crippen molar-refractivity contribution in [2.24, 2.45) is 11.3 Å². The Balaban J connectivity index is -0.000000832. The van der Waals surface area contributed by atoms with E-state index >= 15 is 0 Å². The van der Waals surface area contributed by atoms with Crippen molar-refractivity contribution in [1.82, 2.24) is 0 Å². The highest BCUT2D eigenvalue weighted by Gasteiger charge is 2.48. The smallest absolute Gasteiger partial charge is 0.324 e. The molecule has 1 atom stereocenters. The summed E-state index contributed by atoms with van der Waals surface area (Å²) in [4.78, 5) is 43.4. The highest BCUT2D eigenvalue weighted by atomic mass is 31.2. The first-order chi connectivity index (χ1) is 14.4. The lowest BCUT2D eigenvalue weighted by atomic mass is 9.69. The van der Waals surface area contributed by atoms with Crippen LogP contribution in [0, 0.1) is 11.3 Å². The lowest BCUT2D eigenvalue weighted by Crippen LogP contribution is -2.56. The molecular weight excluding hydrogens is 454 g/mol. The van der Waals surface area contributed by atoms with Gasteiger partial charge in [-0.05, 0) is 12.3 Å². The molecule has 31 heavy (non-hydrogen) atoms. The van der Waals surface area contributed by atoms with E-state index in [1.807, 2.05) is 0 Å². The van der Waals surface area contributed by atoms with Crippen LogP contribution in [0.4, 0.5) is 0 Å². The van der Waals surface area contributed by atoms with Crippen molar-refractivity contribution >= 4 is 17.2 Å². The molecule has 0 saturated carbocycles. The molecular formula is C18H44O11P2. The lowest BCUT2D eigenvalue weighted by molar-refractivity contribution is -0.166. The Bertz CT molecular complexity index is 353. The Morgan fingerprint density at radius 2 is 1.10 bits per heavy atom. The van der Waals surface area contributed by atoms with Gasteiger partial charge in [0.15, 0.2) is 0 Å². The number of rotatable bonds is 15. The van der Waals surface area contributed by atoms with Gasteiger partial charge < -0.3 is 54.5 Å². The maximum absolute atomic E-state index is 11.0. The minimum atomic E-state index is -2.62. The van der Waals surface area contributed by atoms with Gasteiger partial charge in [0.25, 0.3) is 0 Å². The average molecular weight is 498 g/mol. The van der Waals surface area contributed by atoms with Gasteiger partial charge in [-0.2, -0.15) is 0 Å². The summed E-state index contributed by atoms with van der Waals surface area (Å²) in [6.07, 6.45) is 7.35. The number of hydrogen-bond acceptors (Lipinski definition) is 11. The molecule has 0 aliphatic carbocycles. The molecule has 13 heteroatoms. The summed E-state index contributed by atoms with van der Waals surface area (Å²) in [6, 6.07) is 0. The molecule has 0 saturated heterocycles. The molecule has 192 valence electrons. The molecule has 0 aromatic carbocycles. The minimum Gasteiger partial charge on any atom is -0.395 e. The second-order valence-corrected chi connectivity index (χ2v) is 8.84. The van der Waals surface area contributed by atoms with Crippen LogP contribution in [0.1, 0.15) is 65.2 Å². The number of methoxy groups -OCH3 is 1. The number of hydrogen-bond donors (Lipinski definition) is 10. The molecule has 0 rings (SSSR count). The third kappa shape index (κ3) is 20.7. The van der Waals surface area contributed by atoms with Crippen LogP contribution in [0.2, 0.25) is 0 Å². The lowest BCUT2D eigenvalue weighted by Gasteiger charge is -2.44. The van der Waals surface area contributed by atoms with E-state index < -0.39 is 48.0 Å². The Morgan fingerprint density at radius 1 is 0.710 bits per heavy atom. The van der Waals surface area contributed by atoms with E-state index in [0.29, 0.717) is 19.4 Å². The zero-order valence-electron chi connectivity index (χ0n) is 18.8. The van der Waals surface area contributed by atoms with Crippen LogP contribution in [0.15, 0.2) is 0 Å². The predicted octanol–water partition coefficient (Wildman–Crippen LogP) is 0.484. The van der Waals surface area contributed by atoms with Crippen molar-refractivity contribution < 1.29 is 54.5 Å². The van der Waals surface area contributed by atoms with Crippen molar-refractivity contribution in [2.75, 3.05) is 33.5 Å². The molecule has 0 bridgehead atoms. The third-order valence-corrected chi connectivity index (χ3v) is 4.99. The van der Waals surface area contributed by atoms with E-state index in [1.165, 1.54) is 19.3 Å². The summed E-state index contributed by atoms with van der Waals surface area (Å²) < 4.78 is 5.04. The van der Waals surface area contributed by atoms with E-state index in [2.05, 4.69) is 13.8 Å². The van der Waals surface area contributed by atoms with Crippen molar-refractivity contribution in [3.63, 3.8) is 0 Å². The predicted molar refractivity (Wildman–Crippen MR) is 119 cm³/mol. The maximum Gasteiger partial charge on any atom is 0.324 e. The molecule has 0 spiro atoms. The van der Waals surface area contributed by atoms with Crippen LogP contribution in [-0.2, 0) is 4.74 Å². The minimum absolute atomic E-state index is 0.290. The molecule has 0 radical (unpaired) electrons. The van der Waals surface area contributed by atoms with Crippen molar-refractivity contribution in [1.29, 1.82) is 0 Å². The summed E-state index contributed by atoms with van der Waals surface area (Å²) in [5.74, 6) is 0.744. The Labute approximate surface area is 188 Å². The van der Waals surface area contributed by atoms with Gasteiger partial charge in [0.1, 0.15) is 0 Å². The van der Waals surface area contributed by atoms with E-state index in [9.17, 15) is 20.4 Å². The highest BCUT2D eigenvalue weighted by Crippen LogP contribution is 2.38. The summed E-state index contributed by atoms with van der Waals surface area (Å²) in [7, 11) is -3.69. The number of ether oxygens (including phenoxy) is 1. The molecule has 0 fully saturated rings. The molecule has 10 N–H and O–H groups in total. The fourth-order valence-corrected chi connectivity index (χ4v) is 3.02. The Hall–Kier alpha value is 0.420. The molecule has 0 amide bonds. The van der Waals surface area contributed by atoms with Crippen LogP contribution in [0.25, 0.3) is 0 Å². The first-order valence-electron chi connectivity index (χ1n) is 10.1. The van der Waals surface area contributed by atoms with E-state index in [4.69, 9.17) is 34.1 Å². The molecule has 0 aromatic heterocycles. The van der Waals surface area contributed by atoms with Gasteiger partial charge in [-0.3, -0.25) is 0 Å². The van der Waals surface area contributed by atoms with Crippen LogP contribution in [0.3, 0.4) is 0 Å². The maximum atomic E-state index is 11.0. The van der Waals surface area contributed by atoms with Gasteiger partial charge in [0, 0.05) is 20.1 Å². The van der Waals surface area contributed by atoms with Gasteiger partial charge in [0.2, 0.25) is 0 Å².